The maximum atomic E-state index is 14.9. The number of carbonyl (C=O) groups is 1. The van der Waals surface area contributed by atoms with E-state index in [-0.39, 0.29) is 18.2 Å². The molecule has 0 N–H and O–H groups in total. The third kappa shape index (κ3) is 3.67. The highest BCUT2D eigenvalue weighted by Crippen LogP contribution is 2.35. The molecule has 0 aliphatic heterocycles. The van der Waals surface area contributed by atoms with Crippen LogP contribution in [0.1, 0.15) is 21.7 Å². The van der Waals surface area contributed by atoms with Gasteiger partial charge in [-0.2, -0.15) is 10.4 Å². The van der Waals surface area contributed by atoms with Crippen molar-refractivity contribution >= 4 is 16.7 Å². The summed E-state index contributed by atoms with van der Waals surface area (Å²) < 4.78 is 21.6. The Morgan fingerprint density at radius 3 is 2.53 bits per heavy atom. The number of aromatic nitrogens is 2. The number of hydrogen-bond donors (Lipinski definition) is 0. The van der Waals surface area contributed by atoms with Gasteiger partial charge in [0.1, 0.15) is 11.8 Å². The van der Waals surface area contributed by atoms with Gasteiger partial charge in [0.15, 0.2) is 11.6 Å². The van der Waals surface area contributed by atoms with E-state index < -0.39 is 5.82 Å². The molecule has 0 bridgehead atoms. The summed E-state index contributed by atoms with van der Waals surface area (Å²) in [7, 11) is 4.81. The van der Waals surface area contributed by atoms with E-state index in [1.54, 1.807) is 55.4 Å². The first-order chi connectivity index (χ1) is 15.4. The van der Waals surface area contributed by atoms with Crippen LogP contribution in [0.4, 0.5) is 4.39 Å². The Balaban J connectivity index is 1.74. The minimum atomic E-state index is -0.445. The lowest BCUT2D eigenvalue weighted by atomic mass is 9.94. The number of benzene rings is 3. The van der Waals surface area contributed by atoms with Crippen molar-refractivity contribution in [2.24, 2.45) is 7.05 Å². The Morgan fingerprint density at radius 1 is 1.12 bits per heavy atom. The smallest absolute Gasteiger partial charge is 0.254 e. The molecular weight excluding hydrogens is 407 g/mol. The van der Waals surface area contributed by atoms with Crippen LogP contribution < -0.4 is 4.74 Å². The summed E-state index contributed by atoms with van der Waals surface area (Å²) in [6, 6.07) is 19.6. The van der Waals surface area contributed by atoms with Gasteiger partial charge in [-0.15, -0.1) is 0 Å². The van der Waals surface area contributed by atoms with Gasteiger partial charge < -0.3 is 9.64 Å². The molecule has 1 heterocycles. The number of fused-ring (bicyclic) bond motifs is 1. The van der Waals surface area contributed by atoms with Gasteiger partial charge in [0.2, 0.25) is 0 Å². The van der Waals surface area contributed by atoms with Crippen molar-refractivity contribution in [2.75, 3.05) is 14.2 Å². The summed E-state index contributed by atoms with van der Waals surface area (Å²) in [6.45, 7) is 0.259. The zero-order chi connectivity index (χ0) is 22.8. The molecule has 0 unspecified atom stereocenters. The summed E-state index contributed by atoms with van der Waals surface area (Å²) in [5.41, 5.74) is 2.65. The predicted octanol–water partition coefficient (Wildman–Crippen LogP) is 4.53. The highest BCUT2D eigenvalue weighted by Gasteiger charge is 2.19. The van der Waals surface area contributed by atoms with Gasteiger partial charge >= 0.3 is 0 Å². The van der Waals surface area contributed by atoms with Crippen molar-refractivity contribution in [2.45, 2.75) is 6.54 Å². The molecule has 0 saturated heterocycles. The second-order valence-corrected chi connectivity index (χ2v) is 7.45. The van der Waals surface area contributed by atoms with Gasteiger partial charge in [0, 0.05) is 25.2 Å². The average Bonchev–Trinajstić information content (AvgIpc) is 3.16. The Morgan fingerprint density at radius 2 is 1.81 bits per heavy atom. The molecule has 4 aromatic rings. The highest BCUT2D eigenvalue weighted by molar-refractivity contribution is 6.10. The van der Waals surface area contributed by atoms with E-state index in [1.165, 1.54) is 11.8 Å². The van der Waals surface area contributed by atoms with Crippen LogP contribution in [0.25, 0.3) is 21.9 Å². The number of methoxy groups -OCH3 is 1. The summed E-state index contributed by atoms with van der Waals surface area (Å²) >= 11 is 0. The van der Waals surface area contributed by atoms with Gasteiger partial charge in [-0.05, 0) is 34.5 Å². The van der Waals surface area contributed by atoms with E-state index in [4.69, 9.17) is 10.00 Å². The SMILES string of the molecule is COc1cccc(-c2cccc3c(C(=O)N(C)Cc4cc(C#N)n(C)n4)cccc23)c1F. The number of hydrogen-bond acceptors (Lipinski definition) is 4. The molecule has 0 atom stereocenters. The lowest BCUT2D eigenvalue weighted by Crippen LogP contribution is -2.26. The molecule has 0 aliphatic rings. The second-order valence-electron chi connectivity index (χ2n) is 7.45. The van der Waals surface area contributed by atoms with Crippen LogP contribution in [0.2, 0.25) is 0 Å². The highest BCUT2D eigenvalue weighted by atomic mass is 19.1. The molecule has 0 saturated carbocycles. The maximum Gasteiger partial charge on any atom is 0.254 e. The maximum absolute atomic E-state index is 14.9. The minimum absolute atomic E-state index is 0.165. The standard InChI is InChI=1S/C25H21FN4O2/c1-29(15-16-13-17(14-27)30(2)28-16)25(31)22-11-5-7-18-19(8-4-9-20(18)22)21-10-6-12-23(32-3)24(21)26/h4-13H,15H2,1-3H3. The third-order valence-electron chi connectivity index (χ3n) is 5.42. The van der Waals surface area contributed by atoms with Crippen molar-refractivity contribution in [1.82, 2.24) is 14.7 Å². The molecule has 160 valence electrons. The fourth-order valence-corrected chi connectivity index (χ4v) is 3.84. The molecule has 3 aromatic carbocycles. The fraction of sp³-hybridized carbons (Fsp3) is 0.160. The molecule has 1 aromatic heterocycles. The average molecular weight is 428 g/mol. The van der Waals surface area contributed by atoms with E-state index in [2.05, 4.69) is 11.2 Å². The van der Waals surface area contributed by atoms with E-state index in [1.807, 2.05) is 24.3 Å². The predicted molar refractivity (Wildman–Crippen MR) is 120 cm³/mol. The number of carbonyl (C=O) groups excluding carboxylic acids is 1. The van der Waals surface area contributed by atoms with E-state index in [9.17, 15) is 9.18 Å². The minimum Gasteiger partial charge on any atom is -0.494 e. The quantitative estimate of drug-likeness (QED) is 0.468. The summed E-state index contributed by atoms with van der Waals surface area (Å²) in [5.74, 6) is -0.471. The summed E-state index contributed by atoms with van der Waals surface area (Å²) in [6.07, 6.45) is 0. The summed E-state index contributed by atoms with van der Waals surface area (Å²) in [5, 5.41) is 14.9. The van der Waals surface area contributed by atoms with Gasteiger partial charge in [0.25, 0.3) is 5.91 Å². The number of rotatable bonds is 5. The molecule has 4 rings (SSSR count). The molecule has 0 spiro atoms. The first kappa shape index (κ1) is 21.1. The first-order valence-electron chi connectivity index (χ1n) is 9.97. The molecule has 0 fully saturated rings. The summed E-state index contributed by atoms with van der Waals surface area (Å²) in [4.78, 5) is 14.8. The van der Waals surface area contributed by atoms with E-state index >= 15 is 0 Å². The van der Waals surface area contributed by atoms with Crippen molar-refractivity contribution in [3.8, 4) is 22.9 Å². The number of aryl methyl sites for hydroxylation is 1. The fourth-order valence-electron chi connectivity index (χ4n) is 3.84. The van der Waals surface area contributed by atoms with Gasteiger partial charge in [-0.25, -0.2) is 4.39 Å². The molecule has 32 heavy (non-hydrogen) atoms. The molecule has 1 amide bonds. The van der Waals surface area contributed by atoms with Crippen LogP contribution in [0.15, 0.2) is 60.7 Å². The van der Waals surface area contributed by atoms with Crippen LogP contribution in [0.5, 0.6) is 5.75 Å². The monoisotopic (exact) mass is 428 g/mol. The zero-order valence-electron chi connectivity index (χ0n) is 18.0. The first-order valence-corrected chi connectivity index (χ1v) is 9.97. The number of nitriles is 1. The van der Waals surface area contributed by atoms with Crippen LogP contribution in [0.3, 0.4) is 0 Å². The third-order valence-corrected chi connectivity index (χ3v) is 5.42. The number of halogens is 1. The molecule has 0 radical (unpaired) electrons. The number of ether oxygens (including phenoxy) is 1. The van der Waals surface area contributed by atoms with Crippen LogP contribution in [-0.2, 0) is 13.6 Å². The van der Waals surface area contributed by atoms with Crippen LogP contribution in [-0.4, -0.2) is 34.7 Å². The van der Waals surface area contributed by atoms with Crippen LogP contribution >= 0.6 is 0 Å². The van der Waals surface area contributed by atoms with E-state index in [0.29, 0.717) is 28.1 Å². The number of nitrogens with zero attached hydrogens (tertiary/aromatic N) is 4. The van der Waals surface area contributed by atoms with Crippen LogP contribution in [0, 0.1) is 17.1 Å². The molecule has 0 aliphatic carbocycles. The van der Waals surface area contributed by atoms with Gasteiger partial charge in [0.05, 0.1) is 19.3 Å². The van der Waals surface area contributed by atoms with Gasteiger partial charge in [-0.1, -0.05) is 42.5 Å². The molecule has 7 heteroatoms. The molecular formula is C25H21FN4O2. The van der Waals surface area contributed by atoms with Crippen molar-refractivity contribution < 1.29 is 13.9 Å². The largest absolute Gasteiger partial charge is 0.494 e. The zero-order valence-corrected chi connectivity index (χ0v) is 18.0. The van der Waals surface area contributed by atoms with Crippen molar-refractivity contribution in [3.63, 3.8) is 0 Å². The Bertz CT molecular complexity index is 1370. The van der Waals surface area contributed by atoms with E-state index in [0.717, 1.165) is 10.8 Å². The Labute approximate surface area is 185 Å². The lowest BCUT2D eigenvalue weighted by molar-refractivity contribution is 0.0785. The second kappa shape index (κ2) is 8.52. The molecule has 6 nitrogen and oxygen atoms in total. The Kier molecular flexibility index (Phi) is 5.61. The normalized spacial score (nSPS) is 10.7. The Hall–Kier alpha value is -4.18. The van der Waals surface area contributed by atoms with Crippen molar-refractivity contribution in [1.29, 1.82) is 5.26 Å². The lowest BCUT2D eigenvalue weighted by Gasteiger charge is -2.18. The number of amides is 1. The van der Waals surface area contributed by atoms with Crippen molar-refractivity contribution in [3.05, 3.63) is 83.4 Å². The topological polar surface area (TPSA) is 71.2 Å². The van der Waals surface area contributed by atoms with Gasteiger partial charge in [-0.3, -0.25) is 9.48 Å².